The molecule has 106 valence electrons. The van der Waals surface area contributed by atoms with Crippen LogP contribution in [0.5, 0.6) is 11.5 Å². The molecule has 0 saturated carbocycles. The molecule has 0 unspecified atom stereocenters. The van der Waals surface area contributed by atoms with Gasteiger partial charge in [-0.05, 0) is 30.3 Å². The van der Waals surface area contributed by atoms with Crippen LogP contribution in [0, 0.1) is 5.82 Å². The minimum atomic E-state index is -0.538. The van der Waals surface area contributed by atoms with Crippen LogP contribution in [0.25, 0.3) is 22.3 Å². The number of ether oxygens (including phenoxy) is 1. The van der Waals surface area contributed by atoms with Crippen molar-refractivity contribution in [2.75, 3.05) is 7.11 Å². The Kier molecular flexibility index (Phi) is 3.10. The minimum Gasteiger partial charge on any atom is -0.502 e. The number of hydrogen-bond donors (Lipinski definition) is 1. The number of halogens is 1. The summed E-state index contributed by atoms with van der Waals surface area (Å²) in [6, 6.07) is 10.5. The lowest BCUT2D eigenvalue weighted by Crippen LogP contribution is -2.02. The number of para-hydroxylation sites is 1. The Morgan fingerprint density at radius 3 is 2.71 bits per heavy atom. The molecule has 4 nitrogen and oxygen atoms in total. The molecule has 1 N–H and O–H groups in total. The van der Waals surface area contributed by atoms with Gasteiger partial charge in [-0.25, -0.2) is 4.39 Å². The maximum atomic E-state index is 13.4. The molecule has 1 heterocycles. The van der Waals surface area contributed by atoms with Crippen LogP contribution in [0.15, 0.2) is 51.7 Å². The molecule has 0 saturated heterocycles. The summed E-state index contributed by atoms with van der Waals surface area (Å²) >= 11 is 0. The van der Waals surface area contributed by atoms with Crippen molar-refractivity contribution in [3.8, 4) is 22.8 Å². The van der Waals surface area contributed by atoms with Gasteiger partial charge in [0.2, 0.25) is 11.2 Å². The second kappa shape index (κ2) is 4.94. The summed E-state index contributed by atoms with van der Waals surface area (Å²) in [7, 11) is 1.33. The van der Waals surface area contributed by atoms with E-state index in [-0.39, 0.29) is 16.9 Å². The van der Waals surface area contributed by atoms with Crippen molar-refractivity contribution >= 4 is 11.0 Å². The highest BCUT2D eigenvalue weighted by atomic mass is 19.1. The van der Waals surface area contributed by atoms with Crippen molar-refractivity contribution in [2.45, 2.75) is 0 Å². The minimum absolute atomic E-state index is 0.00251. The highest BCUT2D eigenvalue weighted by molar-refractivity contribution is 5.81. The van der Waals surface area contributed by atoms with E-state index in [0.29, 0.717) is 11.1 Å². The molecule has 3 rings (SSSR count). The number of aromatic hydroxyl groups is 1. The van der Waals surface area contributed by atoms with Gasteiger partial charge in [0, 0.05) is 5.56 Å². The predicted molar refractivity (Wildman–Crippen MR) is 76.1 cm³/mol. The number of fused-ring (bicyclic) bond motifs is 1. The van der Waals surface area contributed by atoms with Crippen molar-refractivity contribution in [3.63, 3.8) is 0 Å². The summed E-state index contributed by atoms with van der Waals surface area (Å²) in [6.45, 7) is 0. The van der Waals surface area contributed by atoms with Crippen LogP contribution in [0.1, 0.15) is 0 Å². The molecule has 0 radical (unpaired) electrons. The molecule has 2 aromatic carbocycles. The van der Waals surface area contributed by atoms with Crippen LogP contribution in [0.2, 0.25) is 0 Å². The van der Waals surface area contributed by atoms with Crippen LogP contribution >= 0.6 is 0 Å². The highest BCUT2D eigenvalue weighted by Crippen LogP contribution is 2.32. The van der Waals surface area contributed by atoms with Crippen molar-refractivity contribution in [2.24, 2.45) is 0 Å². The summed E-state index contributed by atoms with van der Waals surface area (Å²) in [6.07, 6.45) is 0. The monoisotopic (exact) mass is 286 g/mol. The first-order valence-corrected chi connectivity index (χ1v) is 6.20. The molecule has 0 aliphatic heterocycles. The van der Waals surface area contributed by atoms with Crippen molar-refractivity contribution in [1.29, 1.82) is 0 Å². The van der Waals surface area contributed by atoms with Gasteiger partial charge in [-0.2, -0.15) is 0 Å². The molecule has 0 aliphatic rings. The normalized spacial score (nSPS) is 10.8. The summed E-state index contributed by atoms with van der Waals surface area (Å²) in [5.41, 5.74) is 0.169. The van der Waals surface area contributed by atoms with Crippen molar-refractivity contribution in [3.05, 3.63) is 58.5 Å². The Bertz CT molecular complexity index is 883. The largest absolute Gasteiger partial charge is 0.502 e. The molecule has 0 atom stereocenters. The van der Waals surface area contributed by atoms with Gasteiger partial charge in [0.1, 0.15) is 5.58 Å². The first-order chi connectivity index (χ1) is 10.1. The zero-order valence-corrected chi connectivity index (χ0v) is 11.1. The molecule has 1 aromatic heterocycles. The predicted octanol–water partition coefficient (Wildman–Crippen LogP) is 3.31. The van der Waals surface area contributed by atoms with Crippen LogP contribution in [0.4, 0.5) is 4.39 Å². The van der Waals surface area contributed by atoms with Gasteiger partial charge in [0.25, 0.3) is 0 Å². The first kappa shape index (κ1) is 13.2. The fraction of sp³-hybridized carbons (Fsp3) is 0.0625. The Morgan fingerprint density at radius 1 is 1.19 bits per heavy atom. The zero-order valence-electron chi connectivity index (χ0n) is 11.1. The van der Waals surface area contributed by atoms with E-state index in [1.807, 2.05) is 0 Å². The molecule has 21 heavy (non-hydrogen) atoms. The second-order valence-electron chi connectivity index (χ2n) is 4.45. The lowest BCUT2D eigenvalue weighted by Gasteiger charge is -2.08. The standard InChI is InChI=1S/C16H11FO4/c1-20-13-8-9(6-7-11(13)17)16-15(19)14(18)10-4-2-3-5-12(10)21-16/h2-8,19H,1H3. The van der Waals surface area contributed by atoms with Crippen molar-refractivity contribution in [1.82, 2.24) is 0 Å². The van der Waals surface area contributed by atoms with E-state index in [1.54, 1.807) is 24.3 Å². The molecule has 0 spiro atoms. The molecular weight excluding hydrogens is 275 g/mol. The van der Waals surface area contributed by atoms with E-state index in [4.69, 9.17) is 9.15 Å². The van der Waals surface area contributed by atoms with Crippen LogP contribution in [-0.4, -0.2) is 12.2 Å². The maximum Gasteiger partial charge on any atom is 0.235 e. The Morgan fingerprint density at radius 2 is 1.95 bits per heavy atom. The number of benzene rings is 2. The van der Waals surface area contributed by atoms with Gasteiger partial charge in [-0.1, -0.05) is 12.1 Å². The fourth-order valence-electron chi connectivity index (χ4n) is 2.13. The quantitative estimate of drug-likeness (QED) is 0.785. The zero-order chi connectivity index (χ0) is 15.0. The molecule has 5 heteroatoms. The van der Waals surface area contributed by atoms with Gasteiger partial charge in [-0.3, -0.25) is 4.79 Å². The number of rotatable bonds is 2. The fourth-order valence-corrected chi connectivity index (χ4v) is 2.13. The Hall–Kier alpha value is -2.82. The van der Waals surface area contributed by atoms with E-state index in [2.05, 4.69) is 0 Å². The topological polar surface area (TPSA) is 59.7 Å². The van der Waals surface area contributed by atoms with Crippen LogP contribution in [0.3, 0.4) is 0 Å². The molecule has 0 aliphatic carbocycles. The molecule has 0 bridgehead atoms. The van der Waals surface area contributed by atoms with Gasteiger partial charge in [0.15, 0.2) is 17.3 Å². The molecule has 0 fully saturated rings. The molecular formula is C16H11FO4. The van der Waals surface area contributed by atoms with Gasteiger partial charge in [0.05, 0.1) is 12.5 Å². The third-order valence-electron chi connectivity index (χ3n) is 3.19. The van der Waals surface area contributed by atoms with Gasteiger partial charge in [-0.15, -0.1) is 0 Å². The SMILES string of the molecule is COc1cc(-c2oc3ccccc3c(=O)c2O)ccc1F. The Balaban J connectivity index is 2.30. The lowest BCUT2D eigenvalue weighted by molar-refractivity contribution is 0.386. The van der Waals surface area contributed by atoms with E-state index < -0.39 is 17.0 Å². The van der Waals surface area contributed by atoms with E-state index in [0.717, 1.165) is 0 Å². The highest BCUT2D eigenvalue weighted by Gasteiger charge is 2.16. The van der Waals surface area contributed by atoms with E-state index >= 15 is 0 Å². The molecule has 3 aromatic rings. The lowest BCUT2D eigenvalue weighted by atomic mass is 10.1. The average Bonchev–Trinajstić information content (AvgIpc) is 2.51. The van der Waals surface area contributed by atoms with E-state index in [1.165, 1.54) is 25.3 Å². The van der Waals surface area contributed by atoms with Crippen LogP contribution in [-0.2, 0) is 0 Å². The van der Waals surface area contributed by atoms with Crippen LogP contribution < -0.4 is 10.2 Å². The summed E-state index contributed by atoms with van der Waals surface area (Å²) in [4.78, 5) is 12.1. The van der Waals surface area contributed by atoms with Crippen molar-refractivity contribution < 1.29 is 18.7 Å². The number of hydrogen-bond acceptors (Lipinski definition) is 4. The second-order valence-corrected chi connectivity index (χ2v) is 4.45. The number of methoxy groups -OCH3 is 1. The Labute approximate surface area is 119 Å². The third kappa shape index (κ3) is 2.12. The summed E-state index contributed by atoms with van der Waals surface area (Å²) in [5, 5.41) is 10.3. The van der Waals surface area contributed by atoms with E-state index in [9.17, 15) is 14.3 Å². The average molecular weight is 286 g/mol. The van der Waals surface area contributed by atoms with Gasteiger partial charge < -0.3 is 14.3 Å². The maximum absolute atomic E-state index is 13.4. The third-order valence-corrected chi connectivity index (χ3v) is 3.19. The van der Waals surface area contributed by atoms with Gasteiger partial charge >= 0.3 is 0 Å². The smallest absolute Gasteiger partial charge is 0.235 e. The summed E-state index contributed by atoms with van der Waals surface area (Å²) in [5.74, 6) is -1.06. The summed E-state index contributed by atoms with van der Waals surface area (Å²) < 4.78 is 23.9. The first-order valence-electron chi connectivity index (χ1n) is 6.20. The molecule has 0 amide bonds.